The predicted molar refractivity (Wildman–Crippen MR) is 118 cm³/mol. The molecule has 4 aromatic rings. The number of sulfone groups is 1. The normalized spacial score (nSPS) is 11.5. The van der Waals surface area contributed by atoms with Crippen LogP contribution in [0.25, 0.3) is 22.6 Å². The largest absolute Gasteiger partial charge is 0.507 e. The molecule has 8 heteroatoms. The van der Waals surface area contributed by atoms with Gasteiger partial charge in [-0.15, -0.1) is 0 Å². The molecule has 0 spiro atoms. The Morgan fingerprint density at radius 3 is 2.61 bits per heavy atom. The van der Waals surface area contributed by atoms with Gasteiger partial charge >= 0.3 is 0 Å². The summed E-state index contributed by atoms with van der Waals surface area (Å²) in [5.41, 5.74) is 3.00. The van der Waals surface area contributed by atoms with Crippen molar-refractivity contribution in [2.75, 3.05) is 11.1 Å². The van der Waals surface area contributed by atoms with Crippen LogP contribution >= 0.6 is 0 Å². The molecule has 0 aliphatic heterocycles. The number of hydrogen-bond donors (Lipinski definition) is 2. The number of aromatic hydroxyl groups is 1. The van der Waals surface area contributed by atoms with E-state index in [1.165, 1.54) is 30.3 Å². The highest BCUT2D eigenvalue weighted by Crippen LogP contribution is 2.33. The number of aryl methyl sites for hydroxylation is 1. The van der Waals surface area contributed by atoms with Gasteiger partial charge < -0.3 is 14.8 Å². The summed E-state index contributed by atoms with van der Waals surface area (Å²) in [7, 11) is -3.55. The van der Waals surface area contributed by atoms with Crippen LogP contribution in [0, 0.1) is 6.92 Å². The predicted octanol–water partition coefficient (Wildman–Crippen LogP) is 4.31. The van der Waals surface area contributed by atoms with Crippen molar-refractivity contribution in [3.63, 3.8) is 0 Å². The van der Waals surface area contributed by atoms with E-state index in [2.05, 4.69) is 10.3 Å². The zero-order valence-corrected chi connectivity index (χ0v) is 17.5. The Labute approximate surface area is 179 Å². The lowest BCUT2D eigenvalue weighted by Gasteiger charge is -2.08. The number of carbonyl (C=O) groups is 1. The SMILES string of the molecule is Cc1ccc2oc(-c3cc(NC(=O)CCS(=O)(=O)c4ccccc4)ccc3O)nc2c1. The third-order valence-electron chi connectivity index (χ3n) is 4.75. The molecule has 1 amide bonds. The van der Waals surface area contributed by atoms with Crippen molar-refractivity contribution in [1.82, 2.24) is 4.98 Å². The first-order valence-corrected chi connectivity index (χ1v) is 11.3. The van der Waals surface area contributed by atoms with Crippen LogP contribution in [0.5, 0.6) is 5.75 Å². The number of aromatic nitrogens is 1. The first-order chi connectivity index (χ1) is 14.8. The number of rotatable bonds is 6. The van der Waals surface area contributed by atoms with Crippen LogP contribution in [-0.4, -0.2) is 30.2 Å². The lowest BCUT2D eigenvalue weighted by molar-refractivity contribution is -0.115. The summed E-state index contributed by atoms with van der Waals surface area (Å²) in [4.78, 5) is 16.9. The van der Waals surface area contributed by atoms with Gasteiger partial charge in [0.15, 0.2) is 15.4 Å². The lowest BCUT2D eigenvalue weighted by Crippen LogP contribution is -2.17. The minimum atomic E-state index is -3.55. The lowest BCUT2D eigenvalue weighted by atomic mass is 10.1. The molecular weight excluding hydrogens is 416 g/mol. The number of benzene rings is 3. The molecule has 0 aliphatic carbocycles. The molecule has 7 nitrogen and oxygen atoms in total. The second-order valence-corrected chi connectivity index (χ2v) is 9.26. The smallest absolute Gasteiger partial charge is 0.231 e. The number of phenolic OH excluding ortho intramolecular Hbond substituents is 1. The van der Waals surface area contributed by atoms with E-state index in [0.717, 1.165) is 5.56 Å². The highest BCUT2D eigenvalue weighted by Gasteiger charge is 2.17. The molecule has 0 saturated heterocycles. The van der Waals surface area contributed by atoms with Gasteiger partial charge in [0.2, 0.25) is 11.8 Å². The van der Waals surface area contributed by atoms with Crippen LogP contribution in [-0.2, 0) is 14.6 Å². The Bertz CT molecular complexity index is 1360. The fraction of sp³-hybridized carbons (Fsp3) is 0.130. The van der Waals surface area contributed by atoms with Crippen molar-refractivity contribution in [2.24, 2.45) is 0 Å². The third kappa shape index (κ3) is 4.59. The zero-order chi connectivity index (χ0) is 22.0. The van der Waals surface area contributed by atoms with Crippen molar-refractivity contribution in [2.45, 2.75) is 18.2 Å². The molecule has 2 N–H and O–H groups in total. The van der Waals surface area contributed by atoms with Gasteiger partial charge in [-0.3, -0.25) is 4.79 Å². The minimum Gasteiger partial charge on any atom is -0.507 e. The molecule has 3 aromatic carbocycles. The van der Waals surface area contributed by atoms with E-state index < -0.39 is 15.7 Å². The highest BCUT2D eigenvalue weighted by atomic mass is 32.2. The number of phenols is 1. The molecule has 1 heterocycles. The van der Waals surface area contributed by atoms with Crippen molar-refractivity contribution < 1.29 is 22.7 Å². The van der Waals surface area contributed by atoms with Crippen molar-refractivity contribution in [1.29, 1.82) is 0 Å². The number of nitrogens with one attached hydrogen (secondary N) is 1. The monoisotopic (exact) mass is 436 g/mol. The van der Waals surface area contributed by atoms with E-state index in [9.17, 15) is 18.3 Å². The van der Waals surface area contributed by atoms with Gasteiger partial charge in [-0.2, -0.15) is 0 Å². The number of anilines is 1. The van der Waals surface area contributed by atoms with E-state index in [1.807, 2.05) is 19.1 Å². The Hall–Kier alpha value is -3.65. The quantitative estimate of drug-likeness (QED) is 0.436. The summed E-state index contributed by atoms with van der Waals surface area (Å²) in [6.07, 6.45) is -0.199. The van der Waals surface area contributed by atoms with E-state index >= 15 is 0 Å². The molecule has 0 saturated carbocycles. The Morgan fingerprint density at radius 2 is 1.84 bits per heavy atom. The van der Waals surface area contributed by atoms with Gasteiger partial charge in [-0.05, 0) is 55.0 Å². The van der Waals surface area contributed by atoms with Gasteiger partial charge in [0, 0.05) is 12.1 Å². The number of hydrogen-bond acceptors (Lipinski definition) is 6. The third-order valence-corrected chi connectivity index (χ3v) is 6.49. The average molecular weight is 436 g/mol. The van der Waals surface area contributed by atoms with E-state index in [4.69, 9.17) is 4.42 Å². The molecule has 0 fully saturated rings. The van der Waals surface area contributed by atoms with Gasteiger partial charge in [-0.1, -0.05) is 24.3 Å². The summed E-state index contributed by atoms with van der Waals surface area (Å²) in [5.74, 6) is -0.587. The van der Waals surface area contributed by atoms with Crippen LogP contribution in [0.15, 0.2) is 76.0 Å². The highest BCUT2D eigenvalue weighted by molar-refractivity contribution is 7.91. The van der Waals surface area contributed by atoms with Gasteiger partial charge in [-0.25, -0.2) is 13.4 Å². The number of carbonyl (C=O) groups excluding carboxylic acids is 1. The van der Waals surface area contributed by atoms with E-state index in [0.29, 0.717) is 22.4 Å². The second kappa shape index (κ2) is 8.23. The topological polar surface area (TPSA) is 110 Å². The van der Waals surface area contributed by atoms with Crippen LogP contribution in [0.2, 0.25) is 0 Å². The standard InChI is InChI=1S/C23H20N2O5S/c1-15-7-10-21-19(13-15)25-23(30-21)18-14-16(8-9-20(18)26)24-22(27)11-12-31(28,29)17-5-3-2-4-6-17/h2-10,13-14,26H,11-12H2,1H3,(H,24,27). The summed E-state index contributed by atoms with van der Waals surface area (Å²) >= 11 is 0. The number of fused-ring (bicyclic) bond motifs is 1. The van der Waals surface area contributed by atoms with Gasteiger partial charge in [0.05, 0.1) is 16.2 Å². The second-order valence-electron chi connectivity index (χ2n) is 7.15. The minimum absolute atomic E-state index is 0.0482. The Kier molecular flexibility index (Phi) is 5.48. The molecular formula is C23H20N2O5S. The molecule has 4 rings (SSSR count). The van der Waals surface area contributed by atoms with Crippen molar-refractivity contribution in [3.05, 3.63) is 72.3 Å². The van der Waals surface area contributed by atoms with Crippen LogP contribution in [0.4, 0.5) is 5.69 Å². The molecule has 31 heavy (non-hydrogen) atoms. The van der Waals surface area contributed by atoms with Crippen molar-refractivity contribution >= 4 is 32.5 Å². The average Bonchev–Trinajstić information content (AvgIpc) is 3.17. The first kappa shape index (κ1) is 20.6. The van der Waals surface area contributed by atoms with Crippen LogP contribution in [0.1, 0.15) is 12.0 Å². The Morgan fingerprint density at radius 1 is 1.06 bits per heavy atom. The number of oxazole rings is 1. The molecule has 0 atom stereocenters. The number of nitrogens with zero attached hydrogens (tertiary/aromatic N) is 1. The summed E-state index contributed by atoms with van der Waals surface area (Å²) in [6.45, 7) is 1.94. The molecule has 0 unspecified atom stereocenters. The fourth-order valence-electron chi connectivity index (χ4n) is 3.13. The zero-order valence-electron chi connectivity index (χ0n) is 16.7. The summed E-state index contributed by atoms with van der Waals surface area (Å²) < 4.78 is 30.4. The van der Waals surface area contributed by atoms with Gasteiger partial charge in [0.25, 0.3) is 0 Å². The first-order valence-electron chi connectivity index (χ1n) is 9.60. The fourth-order valence-corrected chi connectivity index (χ4v) is 4.40. The maximum absolute atomic E-state index is 12.3. The molecule has 0 bridgehead atoms. The van der Waals surface area contributed by atoms with Gasteiger partial charge in [0.1, 0.15) is 11.3 Å². The van der Waals surface area contributed by atoms with Crippen molar-refractivity contribution in [3.8, 4) is 17.2 Å². The number of amides is 1. The molecule has 1 aromatic heterocycles. The molecule has 0 aliphatic rings. The summed E-state index contributed by atoms with van der Waals surface area (Å²) in [6, 6.07) is 18.1. The maximum atomic E-state index is 12.3. The van der Waals surface area contributed by atoms with E-state index in [-0.39, 0.29) is 28.7 Å². The van der Waals surface area contributed by atoms with E-state index in [1.54, 1.807) is 24.3 Å². The Balaban J connectivity index is 1.49. The maximum Gasteiger partial charge on any atom is 0.231 e. The van der Waals surface area contributed by atoms with Crippen LogP contribution in [0.3, 0.4) is 0 Å². The summed E-state index contributed by atoms with van der Waals surface area (Å²) in [5, 5.41) is 12.9. The molecule has 158 valence electrons. The van der Waals surface area contributed by atoms with Crippen LogP contribution < -0.4 is 5.32 Å². The molecule has 0 radical (unpaired) electrons.